The monoisotopic (exact) mass is 271 g/mol. The maximum Gasteiger partial charge on any atom is 0.148 e. The van der Waals surface area contributed by atoms with E-state index in [9.17, 15) is 0 Å². The number of nitrogens with zero attached hydrogens (tertiary/aromatic N) is 1. The summed E-state index contributed by atoms with van der Waals surface area (Å²) in [4.78, 5) is 7.80. The molecule has 0 spiro atoms. The topological polar surface area (TPSA) is 49.4 Å². The summed E-state index contributed by atoms with van der Waals surface area (Å²) in [5.41, 5.74) is 2.81. The Morgan fingerprint density at radius 1 is 1.35 bits per heavy atom. The van der Waals surface area contributed by atoms with Crippen LogP contribution in [0, 0.1) is 0 Å². The van der Waals surface area contributed by atoms with Gasteiger partial charge in [-0.05, 0) is 25.0 Å². The van der Waals surface area contributed by atoms with E-state index in [0.29, 0.717) is 6.04 Å². The van der Waals surface area contributed by atoms with Crippen molar-refractivity contribution < 1.29 is 4.74 Å². The average molecular weight is 271 g/mol. The molecule has 1 aromatic heterocycles. The number of nitrogens with one attached hydrogen (secondary N) is 2. The number of rotatable bonds is 4. The zero-order valence-corrected chi connectivity index (χ0v) is 11.9. The molecule has 0 bridgehead atoms. The Balaban J connectivity index is 1.73. The van der Waals surface area contributed by atoms with Crippen LogP contribution in [0.3, 0.4) is 0 Å². The first kappa shape index (κ1) is 13.0. The zero-order chi connectivity index (χ0) is 13.8. The van der Waals surface area contributed by atoms with Crippen LogP contribution in [0.4, 0.5) is 0 Å². The number of hydrogen-bond donors (Lipinski definition) is 2. The van der Waals surface area contributed by atoms with Crippen LogP contribution in [0.15, 0.2) is 47.1 Å². The minimum atomic E-state index is 0.582. The van der Waals surface area contributed by atoms with Gasteiger partial charge in [0.2, 0.25) is 0 Å². The van der Waals surface area contributed by atoms with Crippen LogP contribution in [0.5, 0.6) is 0 Å². The SMILES string of the molecule is COC1=CC(c2ccc[nH]2)=N/C1=C\NC1CCCCC1. The van der Waals surface area contributed by atoms with Gasteiger partial charge in [-0.2, -0.15) is 0 Å². The molecule has 1 aromatic rings. The van der Waals surface area contributed by atoms with E-state index in [1.54, 1.807) is 7.11 Å². The lowest BCUT2D eigenvalue weighted by Gasteiger charge is -2.21. The standard InChI is InChI=1S/C16H21N3O/c1-20-16-10-14(13-8-5-9-17-13)19-15(16)11-18-12-6-3-2-4-7-12/h5,8-12,17-18H,2-4,6-7H2,1H3/b15-11-. The molecule has 2 heterocycles. The van der Waals surface area contributed by atoms with E-state index in [1.165, 1.54) is 32.1 Å². The first-order valence-electron chi connectivity index (χ1n) is 7.31. The van der Waals surface area contributed by atoms with Gasteiger partial charge in [-0.3, -0.25) is 0 Å². The average Bonchev–Trinajstić information content (AvgIpc) is 3.15. The van der Waals surface area contributed by atoms with Crippen LogP contribution in [-0.2, 0) is 4.74 Å². The lowest BCUT2D eigenvalue weighted by molar-refractivity contribution is 0.301. The molecule has 4 nitrogen and oxygen atoms in total. The molecule has 3 rings (SSSR count). The first-order chi connectivity index (χ1) is 9.86. The Kier molecular flexibility index (Phi) is 3.90. The molecular weight excluding hydrogens is 250 g/mol. The number of aliphatic imine (C=N–C) groups is 1. The summed E-state index contributed by atoms with van der Waals surface area (Å²) in [7, 11) is 1.69. The minimum absolute atomic E-state index is 0.582. The molecule has 1 saturated carbocycles. The smallest absolute Gasteiger partial charge is 0.148 e. The van der Waals surface area contributed by atoms with Gasteiger partial charge in [0.1, 0.15) is 11.5 Å². The van der Waals surface area contributed by atoms with Crippen LogP contribution in [0.2, 0.25) is 0 Å². The second-order valence-electron chi connectivity index (χ2n) is 5.32. The van der Waals surface area contributed by atoms with E-state index in [4.69, 9.17) is 4.74 Å². The van der Waals surface area contributed by atoms with Crippen molar-refractivity contribution in [3.8, 4) is 0 Å². The Hall–Kier alpha value is -1.97. The van der Waals surface area contributed by atoms with Gasteiger partial charge in [0.25, 0.3) is 0 Å². The Morgan fingerprint density at radius 2 is 2.20 bits per heavy atom. The summed E-state index contributed by atoms with van der Waals surface area (Å²) in [5.74, 6) is 0.818. The van der Waals surface area contributed by atoms with E-state index in [-0.39, 0.29) is 0 Å². The molecule has 1 fully saturated rings. The minimum Gasteiger partial charge on any atom is -0.494 e. The van der Waals surface area contributed by atoms with Gasteiger partial charge in [-0.25, -0.2) is 4.99 Å². The van der Waals surface area contributed by atoms with Gasteiger partial charge in [-0.15, -0.1) is 0 Å². The number of ether oxygens (including phenoxy) is 1. The largest absolute Gasteiger partial charge is 0.494 e. The van der Waals surface area contributed by atoms with E-state index in [1.807, 2.05) is 30.6 Å². The van der Waals surface area contributed by atoms with Crippen LogP contribution >= 0.6 is 0 Å². The van der Waals surface area contributed by atoms with Crippen LogP contribution in [0.25, 0.3) is 0 Å². The van der Waals surface area contributed by atoms with Crippen LogP contribution < -0.4 is 5.32 Å². The van der Waals surface area contributed by atoms with Gasteiger partial charge in [-0.1, -0.05) is 19.3 Å². The van der Waals surface area contributed by atoms with Gasteiger partial charge in [0, 0.05) is 24.5 Å². The lowest BCUT2D eigenvalue weighted by atomic mass is 9.96. The Labute approximate surface area is 119 Å². The molecule has 20 heavy (non-hydrogen) atoms. The summed E-state index contributed by atoms with van der Waals surface area (Å²) in [5, 5.41) is 3.49. The van der Waals surface area contributed by atoms with Crippen molar-refractivity contribution in [2.75, 3.05) is 7.11 Å². The fraction of sp³-hybridized carbons (Fsp3) is 0.438. The number of allylic oxidation sites excluding steroid dienone is 1. The summed E-state index contributed by atoms with van der Waals surface area (Å²) in [6, 6.07) is 4.57. The van der Waals surface area contributed by atoms with Crippen molar-refractivity contribution >= 4 is 5.71 Å². The molecule has 1 aliphatic heterocycles. The second-order valence-corrected chi connectivity index (χ2v) is 5.32. The third-order valence-electron chi connectivity index (χ3n) is 3.92. The summed E-state index contributed by atoms with van der Waals surface area (Å²) >= 11 is 0. The predicted octanol–water partition coefficient (Wildman–Crippen LogP) is 3.11. The fourth-order valence-corrected chi connectivity index (χ4v) is 2.78. The first-order valence-corrected chi connectivity index (χ1v) is 7.31. The van der Waals surface area contributed by atoms with E-state index in [2.05, 4.69) is 15.3 Å². The normalized spacial score (nSPS) is 21.8. The summed E-state index contributed by atoms with van der Waals surface area (Å²) in [6.45, 7) is 0. The Morgan fingerprint density at radius 3 is 2.90 bits per heavy atom. The van der Waals surface area contributed by atoms with Gasteiger partial charge in [0.15, 0.2) is 0 Å². The fourth-order valence-electron chi connectivity index (χ4n) is 2.78. The molecule has 1 aliphatic carbocycles. The van der Waals surface area contributed by atoms with E-state index < -0.39 is 0 Å². The quantitative estimate of drug-likeness (QED) is 0.884. The van der Waals surface area contributed by atoms with Crippen molar-refractivity contribution in [1.82, 2.24) is 10.3 Å². The summed E-state index contributed by atoms with van der Waals surface area (Å²) in [6.07, 6.45) is 12.4. The number of aromatic nitrogens is 1. The zero-order valence-electron chi connectivity index (χ0n) is 11.9. The molecule has 0 unspecified atom stereocenters. The van der Waals surface area contributed by atoms with Gasteiger partial charge >= 0.3 is 0 Å². The Bertz CT molecular complexity index is 534. The third kappa shape index (κ3) is 2.79. The maximum atomic E-state index is 5.42. The highest BCUT2D eigenvalue weighted by atomic mass is 16.5. The maximum absolute atomic E-state index is 5.42. The molecule has 106 valence electrons. The highest BCUT2D eigenvalue weighted by molar-refractivity contribution is 6.10. The number of aromatic amines is 1. The third-order valence-corrected chi connectivity index (χ3v) is 3.92. The molecule has 4 heteroatoms. The lowest BCUT2D eigenvalue weighted by Crippen LogP contribution is -2.26. The van der Waals surface area contributed by atoms with Crippen LogP contribution in [0.1, 0.15) is 37.8 Å². The van der Waals surface area contributed by atoms with Gasteiger partial charge < -0.3 is 15.0 Å². The number of hydrogen-bond acceptors (Lipinski definition) is 3. The van der Waals surface area contributed by atoms with Crippen molar-refractivity contribution in [3.05, 3.63) is 47.8 Å². The molecule has 0 atom stereocenters. The molecule has 0 radical (unpaired) electrons. The van der Waals surface area contributed by atoms with Crippen molar-refractivity contribution in [1.29, 1.82) is 0 Å². The second kappa shape index (κ2) is 5.99. The van der Waals surface area contributed by atoms with E-state index >= 15 is 0 Å². The predicted molar refractivity (Wildman–Crippen MR) is 80.5 cm³/mol. The number of H-pyrrole nitrogens is 1. The van der Waals surface area contributed by atoms with Crippen LogP contribution in [-0.4, -0.2) is 23.8 Å². The molecule has 0 amide bonds. The highest BCUT2D eigenvalue weighted by Crippen LogP contribution is 2.23. The highest BCUT2D eigenvalue weighted by Gasteiger charge is 2.18. The molecule has 2 N–H and O–H groups in total. The van der Waals surface area contributed by atoms with Crippen molar-refractivity contribution in [3.63, 3.8) is 0 Å². The molecular formula is C16H21N3O. The van der Waals surface area contributed by atoms with Crippen molar-refractivity contribution in [2.45, 2.75) is 38.1 Å². The molecule has 0 saturated heterocycles. The molecule has 2 aliphatic rings. The molecule has 0 aromatic carbocycles. The van der Waals surface area contributed by atoms with Gasteiger partial charge in [0.05, 0.1) is 18.5 Å². The van der Waals surface area contributed by atoms with E-state index in [0.717, 1.165) is 22.9 Å². The van der Waals surface area contributed by atoms with Crippen molar-refractivity contribution in [2.24, 2.45) is 4.99 Å². The number of methoxy groups -OCH3 is 1. The summed E-state index contributed by atoms with van der Waals surface area (Å²) < 4.78 is 5.42.